The predicted molar refractivity (Wildman–Crippen MR) is 93.0 cm³/mol. The summed E-state index contributed by atoms with van der Waals surface area (Å²) >= 11 is 0. The maximum absolute atomic E-state index is 6.22. The minimum Gasteiger partial charge on any atom is -0.347 e. The highest BCUT2D eigenvalue weighted by atomic mass is 16.7. The Bertz CT molecular complexity index is 540. The quantitative estimate of drug-likeness (QED) is 0.615. The van der Waals surface area contributed by atoms with Crippen LogP contribution in [0.5, 0.6) is 0 Å². The molecule has 0 aromatic rings. The van der Waals surface area contributed by atoms with Crippen molar-refractivity contribution in [2.75, 3.05) is 13.2 Å². The fourth-order valence-corrected chi connectivity index (χ4v) is 6.73. The second kappa shape index (κ2) is 4.95. The maximum atomic E-state index is 6.22. The first-order valence-corrected chi connectivity index (χ1v) is 9.53. The summed E-state index contributed by atoms with van der Waals surface area (Å²) in [6.45, 7) is 13.1. The zero-order valence-corrected chi connectivity index (χ0v) is 15.1. The number of hydrogen-bond donors (Lipinski definition) is 0. The zero-order chi connectivity index (χ0) is 16.3. The van der Waals surface area contributed by atoms with Gasteiger partial charge in [-0.15, -0.1) is 6.58 Å². The second-order valence-corrected chi connectivity index (χ2v) is 9.05. The summed E-state index contributed by atoms with van der Waals surface area (Å²) in [6.07, 6.45) is 13.4. The molecule has 1 heterocycles. The molecular weight excluding hydrogens is 284 g/mol. The van der Waals surface area contributed by atoms with E-state index in [1.807, 2.05) is 0 Å². The molecule has 0 bridgehead atoms. The van der Waals surface area contributed by atoms with Gasteiger partial charge in [-0.1, -0.05) is 38.5 Å². The van der Waals surface area contributed by atoms with Crippen LogP contribution in [-0.4, -0.2) is 19.0 Å². The van der Waals surface area contributed by atoms with Crippen molar-refractivity contribution in [2.45, 2.75) is 71.5 Å². The van der Waals surface area contributed by atoms with E-state index in [-0.39, 0.29) is 22.0 Å². The highest BCUT2D eigenvalue weighted by Crippen LogP contribution is 2.69. The molecule has 3 fully saturated rings. The molecule has 0 unspecified atom stereocenters. The third-order valence-corrected chi connectivity index (χ3v) is 7.95. The Kier molecular flexibility index (Phi) is 3.42. The molecule has 0 N–H and O–H groups in total. The Hall–Kier alpha value is -0.600. The molecule has 1 spiro atoms. The van der Waals surface area contributed by atoms with Crippen molar-refractivity contribution in [1.29, 1.82) is 0 Å². The molecule has 2 heteroatoms. The first-order valence-electron chi connectivity index (χ1n) is 9.53. The molecule has 4 aliphatic rings. The van der Waals surface area contributed by atoms with Gasteiger partial charge in [-0.2, -0.15) is 0 Å². The molecule has 128 valence electrons. The highest BCUT2D eigenvalue weighted by Gasteiger charge is 2.65. The third kappa shape index (κ3) is 1.88. The van der Waals surface area contributed by atoms with Crippen LogP contribution in [-0.2, 0) is 9.47 Å². The van der Waals surface area contributed by atoms with E-state index in [9.17, 15) is 0 Å². The minimum absolute atomic E-state index is 0.0577. The molecule has 2 saturated carbocycles. The molecule has 0 radical (unpaired) electrons. The molecule has 0 amide bonds. The van der Waals surface area contributed by atoms with E-state index < -0.39 is 0 Å². The lowest BCUT2D eigenvalue weighted by atomic mass is 9.43. The lowest BCUT2D eigenvalue weighted by Crippen LogP contribution is -2.61. The number of ether oxygens (including phenoxy) is 2. The summed E-state index contributed by atoms with van der Waals surface area (Å²) in [5.74, 6) is 0.278. The van der Waals surface area contributed by atoms with Gasteiger partial charge in [0.1, 0.15) is 0 Å². The third-order valence-electron chi connectivity index (χ3n) is 7.95. The van der Waals surface area contributed by atoms with Crippen LogP contribution in [0.3, 0.4) is 0 Å². The van der Waals surface area contributed by atoms with Gasteiger partial charge in [0, 0.05) is 17.3 Å². The van der Waals surface area contributed by atoms with Crippen molar-refractivity contribution in [3.8, 4) is 0 Å². The van der Waals surface area contributed by atoms with Crippen LogP contribution < -0.4 is 0 Å². The van der Waals surface area contributed by atoms with Gasteiger partial charge < -0.3 is 9.47 Å². The highest BCUT2D eigenvalue weighted by molar-refractivity contribution is 5.35. The first-order chi connectivity index (χ1) is 10.9. The zero-order valence-electron chi connectivity index (χ0n) is 15.1. The van der Waals surface area contributed by atoms with Crippen LogP contribution in [0.25, 0.3) is 0 Å². The number of fused-ring (bicyclic) bond motifs is 3. The van der Waals surface area contributed by atoms with Crippen molar-refractivity contribution < 1.29 is 9.47 Å². The normalized spacial score (nSPS) is 44.3. The number of hydrogen-bond acceptors (Lipinski definition) is 2. The van der Waals surface area contributed by atoms with Crippen molar-refractivity contribution in [2.24, 2.45) is 22.2 Å². The van der Waals surface area contributed by atoms with E-state index in [0.717, 1.165) is 19.6 Å². The predicted octanol–water partition coefficient (Wildman–Crippen LogP) is 5.25. The van der Waals surface area contributed by atoms with E-state index in [4.69, 9.17) is 9.47 Å². The van der Waals surface area contributed by atoms with E-state index in [1.165, 1.54) is 38.5 Å². The van der Waals surface area contributed by atoms with Crippen LogP contribution in [0.4, 0.5) is 0 Å². The largest absolute Gasteiger partial charge is 0.347 e. The Morgan fingerprint density at radius 2 is 1.83 bits per heavy atom. The average Bonchev–Trinajstić information content (AvgIpc) is 3.03. The monoisotopic (exact) mass is 316 g/mol. The van der Waals surface area contributed by atoms with Crippen molar-refractivity contribution in [1.82, 2.24) is 0 Å². The first kappa shape index (κ1) is 15.9. The van der Waals surface area contributed by atoms with E-state index in [2.05, 4.69) is 39.5 Å². The smallest absolute Gasteiger partial charge is 0.173 e. The Morgan fingerprint density at radius 1 is 1.09 bits per heavy atom. The SMILES string of the molecule is C=C[C@]12CCCC=C1[C@@]1(C)CCC3(OCCO3)C(C)(C)[C@@H]1CC2. The summed E-state index contributed by atoms with van der Waals surface area (Å²) in [6, 6.07) is 0. The molecule has 23 heavy (non-hydrogen) atoms. The lowest BCUT2D eigenvalue weighted by molar-refractivity contribution is -0.284. The molecular formula is C21H32O2. The van der Waals surface area contributed by atoms with Crippen molar-refractivity contribution >= 4 is 0 Å². The fraction of sp³-hybridized carbons (Fsp3) is 0.810. The Balaban J connectivity index is 1.78. The second-order valence-electron chi connectivity index (χ2n) is 9.05. The summed E-state index contributed by atoms with van der Waals surface area (Å²) in [5.41, 5.74) is 2.30. The van der Waals surface area contributed by atoms with Crippen molar-refractivity contribution in [3.63, 3.8) is 0 Å². The van der Waals surface area contributed by atoms with Gasteiger partial charge >= 0.3 is 0 Å². The summed E-state index contributed by atoms with van der Waals surface area (Å²) in [7, 11) is 0. The van der Waals surface area contributed by atoms with E-state index in [1.54, 1.807) is 5.57 Å². The van der Waals surface area contributed by atoms with Crippen LogP contribution in [0, 0.1) is 22.2 Å². The van der Waals surface area contributed by atoms with Gasteiger partial charge in [-0.05, 0) is 49.9 Å². The van der Waals surface area contributed by atoms with Gasteiger partial charge in [0.15, 0.2) is 5.79 Å². The molecule has 1 saturated heterocycles. The summed E-state index contributed by atoms with van der Waals surface area (Å²) in [5, 5.41) is 0. The van der Waals surface area contributed by atoms with E-state index in [0.29, 0.717) is 5.92 Å². The Labute approximate surface area is 141 Å². The maximum Gasteiger partial charge on any atom is 0.173 e. The van der Waals surface area contributed by atoms with E-state index >= 15 is 0 Å². The lowest BCUT2D eigenvalue weighted by Gasteiger charge is -2.64. The summed E-state index contributed by atoms with van der Waals surface area (Å²) in [4.78, 5) is 0. The molecule has 3 atom stereocenters. The molecule has 3 aliphatic carbocycles. The van der Waals surface area contributed by atoms with Gasteiger partial charge in [0.25, 0.3) is 0 Å². The van der Waals surface area contributed by atoms with Crippen LogP contribution in [0.2, 0.25) is 0 Å². The Morgan fingerprint density at radius 3 is 2.52 bits per heavy atom. The van der Waals surface area contributed by atoms with Gasteiger partial charge in [0.05, 0.1) is 13.2 Å². The van der Waals surface area contributed by atoms with Gasteiger partial charge in [0.2, 0.25) is 0 Å². The van der Waals surface area contributed by atoms with Gasteiger partial charge in [-0.3, -0.25) is 0 Å². The standard InChI is InChI=1S/C21H32O2/c1-5-20-10-7-6-8-17(20)19(4)12-13-21(22-14-15-23-21)18(2,3)16(19)9-11-20/h5,8,16H,1,6-7,9-15H2,2-4H3/t16-,19-,20+/m0/s1. The van der Waals surface area contributed by atoms with Gasteiger partial charge in [-0.25, -0.2) is 0 Å². The van der Waals surface area contributed by atoms with Crippen LogP contribution in [0.15, 0.2) is 24.3 Å². The fourth-order valence-electron chi connectivity index (χ4n) is 6.73. The molecule has 0 aromatic heterocycles. The summed E-state index contributed by atoms with van der Waals surface area (Å²) < 4.78 is 12.4. The van der Waals surface area contributed by atoms with Crippen LogP contribution in [0.1, 0.15) is 65.7 Å². The molecule has 0 aromatic carbocycles. The van der Waals surface area contributed by atoms with Crippen molar-refractivity contribution in [3.05, 3.63) is 24.3 Å². The minimum atomic E-state index is -0.347. The molecule has 1 aliphatic heterocycles. The van der Waals surface area contributed by atoms with Crippen LogP contribution >= 0.6 is 0 Å². The number of rotatable bonds is 1. The average molecular weight is 316 g/mol. The molecule has 4 rings (SSSR count). The molecule has 2 nitrogen and oxygen atoms in total. The topological polar surface area (TPSA) is 18.5 Å². The number of allylic oxidation sites excluding steroid dienone is 3.